The van der Waals surface area contributed by atoms with Crippen LogP contribution in [0.1, 0.15) is 40.7 Å². The van der Waals surface area contributed by atoms with Crippen molar-refractivity contribution in [2.24, 2.45) is 0 Å². The molecule has 2 aromatic carbocycles. The van der Waals surface area contributed by atoms with Crippen molar-refractivity contribution in [1.29, 1.82) is 0 Å². The minimum atomic E-state index is -0.500. The van der Waals surface area contributed by atoms with Gasteiger partial charge in [-0.25, -0.2) is 4.79 Å². The number of nitrogens with zero attached hydrogens (tertiary/aromatic N) is 1. The number of carbonyl (C=O) groups excluding carboxylic acids is 2. The van der Waals surface area contributed by atoms with E-state index in [0.29, 0.717) is 17.7 Å². The third kappa shape index (κ3) is 2.46. The van der Waals surface area contributed by atoms with Gasteiger partial charge >= 0.3 is 5.97 Å². The summed E-state index contributed by atoms with van der Waals surface area (Å²) in [5.41, 5.74) is 2.93. The summed E-state index contributed by atoms with van der Waals surface area (Å²) in [6.45, 7) is 2.00. The standard InChI is InChI=1S/C24H21NO5/c26-18-13-24-8-4-9-25(24)10-7-16-11-19-20(29-14-28-19)12-17(16)21(24)22(18)30-23(27)15-5-2-1-3-6-15/h1-3,5-6,11-12H,4,7-10,13-14H2/t24-/m0/s1. The molecular weight excluding hydrogens is 382 g/mol. The van der Waals surface area contributed by atoms with Gasteiger partial charge in [0.05, 0.1) is 11.1 Å². The quantitative estimate of drug-likeness (QED) is 0.717. The molecule has 3 aliphatic heterocycles. The van der Waals surface area contributed by atoms with Gasteiger partial charge in [0, 0.05) is 18.5 Å². The summed E-state index contributed by atoms with van der Waals surface area (Å²) in [6, 6.07) is 12.8. The molecule has 0 saturated carbocycles. The minimum absolute atomic E-state index is 0.105. The molecule has 1 atom stereocenters. The van der Waals surface area contributed by atoms with Crippen molar-refractivity contribution in [2.75, 3.05) is 19.9 Å². The Balaban J connectivity index is 1.53. The highest BCUT2D eigenvalue weighted by Crippen LogP contribution is 2.54. The Hall–Kier alpha value is -3.12. The van der Waals surface area contributed by atoms with Gasteiger partial charge in [-0.05, 0) is 61.2 Å². The molecular formula is C24H21NO5. The molecule has 3 heterocycles. The number of esters is 1. The molecule has 4 aliphatic rings. The topological polar surface area (TPSA) is 65.1 Å². The second-order valence-corrected chi connectivity index (χ2v) is 8.29. The summed E-state index contributed by atoms with van der Waals surface area (Å²) >= 11 is 0. The first kappa shape index (κ1) is 17.7. The van der Waals surface area contributed by atoms with Crippen LogP contribution in [-0.2, 0) is 16.0 Å². The lowest BCUT2D eigenvalue weighted by atomic mass is 9.83. The van der Waals surface area contributed by atoms with Gasteiger partial charge in [0.25, 0.3) is 0 Å². The molecule has 0 unspecified atom stereocenters. The van der Waals surface area contributed by atoms with E-state index >= 15 is 0 Å². The lowest BCUT2D eigenvalue weighted by Crippen LogP contribution is -2.43. The first-order valence-corrected chi connectivity index (χ1v) is 10.4. The lowest BCUT2D eigenvalue weighted by molar-refractivity contribution is -0.118. The number of benzene rings is 2. The molecule has 0 aromatic heterocycles. The number of ketones is 1. The van der Waals surface area contributed by atoms with Gasteiger partial charge in [-0.1, -0.05) is 18.2 Å². The number of ether oxygens (including phenoxy) is 3. The molecule has 0 bridgehead atoms. The smallest absolute Gasteiger partial charge is 0.343 e. The van der Waals surface area contributed by atoms with Gasteiger partial charge < -0.3 is 14.2 Å². The van der Waals surface area contributed by atoms with E-state index in [-0.39, 0.29) is 18.3 Å². The zero-order chi connectivity index (χ0) is 20.3. The predicted molar refractivity (Wildman–Crippen MR) is 108 cm³/mol. The van der Waals surface area contributed by atoms with Crippen LogP contribution in [0.4, 0.5) is 0 Å². The zero-order valence-electron chi connectivity index (χ0n) is 16.5. The third-order valence-corrected chi connectivity index (χ3v) is 6.75. The fourth-order valence-corrected chi connectivity index (χ4v) is 5.41. The Morgan fingerprint density at radius 3 is 2.70 bits per heavy atom. The Labute approximate surface area is 174 Å². The Bertz CT molecular complexity index is 1110. The Morgan fingerprint density at radius 1 is 1.07 bits per heavy atom. The number of Topliss-reactive ketones (excluding diaryl/α,β-unsaturated/α-hetero) is 1. The molecule has 0 N–H and O–H groups in total. The van der Waals surface area contributed by atoms with Crippen molar-refractivity contribution in [3.05, 3.63) is 64.9 Å². The van der Waals surface area contributed by atoms with Crippen LogP contribution < -0.4 is 9.47 Å². The van der Waals surface area contributed by atoms with Crippen molar-refractivity contribution < 1.29 is 23.8 Å². The first-order chi connectivity index (χ1) is 14.7. The molecule has 1 aliphatic carbocycles. The second kappa shape index (κ2) is 6.44. The summed E-state index contributed by atoms with van der Waals surface area (Å²) < 4.78 is 17.0. The summed E-state index contributed by atoms with van der Waals surface area (Å²) in [5.74, 6) is 0.998. The lowest BCUT2D eigenvalue weighted by Gasteiger charge is -2.35. The zero-order valence-corrected chi connectivity index (χ0v) is 16.5. The molecule has 0 amide bonds. The average Bonchev–Trinajstić information content (AvgIpc) is 3.43. The first-order valence-electron chi connectivity index (χ1n) is 10.4. The van der Waals surface area contributed by atoms with Crippen molar-refractivity contribution >= 4 is 17.3 Å². The van der Waals surface area contributed by atoms with E-state index in [0.717, 1.165) is 54.8 Å². The Kier molecular flexibility index (Phi) is 3.80. The highest BCUT2D eigenvalue weighted by molar-refractivity contribution is 6.11. The number of fused-ring (bicyclic) bond motifs is 3. The summed E-state index contributed by atoms with van der Waals surface area (Å²) in [4.78, 5) is 28.4. The van der Waals surface area contributed by atoms with Crippen molar-refractivity contribution in [2.45, 2.75) is 31.2 Å². The number of rotatable bonds is 2. The van der Waals surface area contributed by atoms with E-state index in [9.17, 15) is 9.59 Å². The molecule has 152 valence electrons. The van der Waals surface area contributed by atoms with Crippen LogP contribution in [0.15, 0.2) is 48.2 Å². The van der Waals surface area contributed by atoms with Crippen LogP contribution in [0.2, 0.25) is 0 Å². The molecule has 2 aromatic rings. The highest BCUT2D eigenvalue weighted by atomic mass is 16.7. The van der Waals surface area contributed by atoms with Gasteiger partial charge in [-0.3, -0.25) is 9.69 Å². The van der Waals surface area contributed by atoms with Crippen LogP contribution in [0.25, 0.3) is 5.57 Å². The van der Waals surface area contributed by atoms with Gasteiger partial charge in [-0.2, -0.15) is 0 Å². The van der Waals surface area contributed by atoms with E-state index in [1.807, 2.05) is 18.2 Å². The summed E-state index contributed by atoms with van der Waals surface area (Å²) in [6.07, 6.45) is 3.11. The maximum atomic E-state index is 13.2. The monoisotopic (exact) mass is 403 g/mol. The molecule has 1 saturated heterocycles. The van der Waals surface area contributed by atoms with E-state index in [2.05, 4.69) is 4.90 Å². The number of carbonyl (C=O) groups is 2. The maximum Gasteiger partial charge on any atom is 0.343 e. The van der Waals surface area contributed by atoms with Gasteiger partial charge in [-0.15, -0.1) is 0 Å². The van der Waals surface area contributed by atoms with Crippen molar-refractivity contribution in [3.63, 3.8) is 0 Å². The molecule has 1 spiro atoms. The van der Waals surface area contributed by atoms with Crippen LogP contribution >= 0.6 is 0 Å². The molecule has 0 radical (unpaired) electrons. The number of hydrogen-bond donors (Lipinski definition) is 0. The highest BCUT2D eigenvalue weighted by Gasteiger charge is 2.55. The minimum Gasteiger partial charge on any atom is -0.454 e. The summed E-state index contributed by atoms with van der Waals surface area (Å²) in [7, 11) is 0. The fourth-order valence-electron chi connectivity index (χ4n) is 5.41. The van der Waals surface area contributed by atoms with E-state index in [1.165, 1.54) is 0 Å². The van der Waals surface area contributed by atoms with Crippen LogP contribution in [-0.4, -0.2) is 42.1 Å². The van der Waals surface area contributed by atoms with Gasteiger partial charge in [0.2, 0.25) is 12.6 Å². The molecule has 6 heteroatoms. The van der Waals surface area contributed by atoms with E-state index in [4.69, 9.17) is 14.2 Å². The molecule has 30 heavy (non-hydrogen) atoms. The van der Waals surface area contributed by atoms with E-state index < -0.39 is 11.5 Å². The predicted octanol–water partition coefficient (Wildman–Crippen LogP) is 3.35. The van der Waals surface area contributed by atoms with Crippen molar-refractivity contribution in [3.8, 4) is 11.5 Å². The SMILES string of the molecule is O=C1C[C@]23CCCN2CCc2cc4c(cc2C3=C1OC(=O)c1ccccc1)OCO4. The number of hydrogen-bond acceptors (Lipinski definition) is 6. The molecule has 6 nitrogen and oxygen atoms in total. The third-order valence-electron chi connectivity index (χ3n) is 6.75. The van der Waals surface area contributed by atoms with Crippen LogP contribution in [0.3, 0.4) is 0 Å². The Morgan fingerprint density at radius 2 is 1.87 bits per heavy atom. The van der Waals surface area contributed by atoms with Gasteiger partial charge in [0.1, 0.15) is 0 Å². The molecule has 1 fully saturated rings. The summed E-state index contributed by atoms with van der Waals surface area (Å²) in [5, 5.41) is 0. The normalized spacial score (nSPS) is 24.3. The largest absolute Gasteiger partial charge is 0.454 e. The van der Waals surface area contributed by atoms with E-state index in [1.54, 1.807) is 24.3 Å². The average molecular weight is 403 g/mol. The van der Waals surface area contributed by atoms with Crippen LogP contribution in [0, 0.1) is 0 Å². The second-order valence-electron chi connectivity index (χ2n) is 8.29. The number of allylic oxidation sites excluding steroid dienone is 1. The van der Waals surface area contributed by atoms with Gasteiger partial charge in [0.15, 0.2) is 17.3 Å². The van der Waals surface area contributed by atoms with Crippen LogP contribution in [0.5, 0.6) is 11.5 Å². The fraction of sp³-hybridized carbons (Fsp3) is 0.333. The van der Waals surface area contributed by atoms with Crippen molar-refractivity contribution in [1.82, 2.24) is 4.90 Å². The maximum absolute atomic E-state index is 13.2. The molecule has 6 rings (SSSR count).